The zero-order chi connectivity index (χ0) is 21.3. The number of hydrogen-bond acceptors (Lipinski definition) is 3. The van der Waals surface area contributed by atoms with Crippen LogP contribution >= 0.6 is 12.6 Å². The third kappa shape index (κ3) is 25.5. The molecule has 0 fully saturated rings. The summed E-state index contributed by atoms with van der Waals surface area (Å²) in [5.41, 5.74) is 0. The van der Waals surface area contributed by atoms with Crippen LogP contribution in [0.3, 0.4) is 0 Å². The van der Waals surface area contributed by atoms with Crippen LogP contribution in [0.4, 0.5) is 0 Å². The Hall–Kier alpha value is -0.440. The Labute approximate surface area is 188 Å². The molecule has 0 bridgehead atoms. The van der Waals surface area contributed by atoms with Gasteiger partial charge in [-0.3, -0.25) is 4.79 Å². The van der Waals surface area contributed by atoms with Gasteiger partial charge in [0.1, 0.15) is 6.61 Å². The number of carbonyl (C=O) groups excluding carboxylic acids is 1. The second kappa shape index (κ2) is 25.6. The molecule has 0 saturated carbocycles. The number of rotatable bonds is 23. The predicted octanol–water partition coefficient (Wildman–Crippen LogP) is 8.84. The number of thiol groups is 1. The van der Waals surface area contributed by atoms with Crippen LogP contribution in [-0.4, -0.2) is 18.3 Å². The number of hydrogen-bond donors (Lipinski definition) is 1. The Bertz CT molecular complexity index is 355. The molecule has 0 aliphatic heterocycles. The highest BCUT2D eigenvalue weighted by Gasteiger charge is 2.01. The van der Waals surface area contributed by atoms with Gasteiger partial charge in [-0.05, 0) is 32.1 Å². The third-order valence-corrected chi connectivity index (χ3v) is 5.68. The van der Waals surface area contributed by atoms with E-state index >= 15 is 0 Å². The van der Waals surface area contributed by atoms with E-state index in [2.05, 4.69) is 31.7 Å². The zero-order valence-electron chi connectivity index (χ0n) is 19.5. The van der Waals surface area contributed by atoms with E-state index in [1.165, 1.54) is 109 Å². The van der Waals surface area contributed by atoms with Gasteiger partial charge in [0, 0.05) is 12.2 Å². The predicted molar refractivity (Wildman–Crippen MR) is 132 cm³/mol. The van der Waals surface area contributed by atoms with Crippen LogP contribution in [0.15, 0.2) is 12.2 Å². The molecule has 0 radical (unpaired) electrons. The minimum atomic E-state index is -0.0617. The molecule has 0 N–H and O–H groups in total. The Kier molecular flexibility index (Phi) is 25.2. The molecule has 0 atom stereocenters. The Morgan fingerprint density at radius 3 is 1.52 bits per heavy atom. The largest absolute Gasteiger partial charge is 0.465 e. The second-order valence-corrected chi connectivity index (χ2v) is 8.85. The van der Waals surface area contributed by atoms with Crippen molar-refractivity contribution < 1.29 is 9.53 Å². The molecule has 29 heavy (non-hydrogen) atoms. The highest BCUT2D eigenvalue weighted by molar-refractivity contribution is 7.80. The van der Waals surface area contributed by atoms with Crippen molar-refractivity contribution in [3.63, 3.8) is 0 Å². The van der Waals surface area contributed by atoms with Gasteiger partial charge < -0.3 is 4.74 Å². The maximum atomic E-state index is 11.3. The standard InChI is InChI=1S/C26H50O2S/c1-2-3-4-5-6-7-8-9-10-11-12-13-14-15-16-17-18-19-20-21-22-23-26(27)28-24-25-29/h7-8,29H,2-6,9-25H2,1H3/b8-7+. The Morgan fingerprint density at radius 1 is 0.655 bits per heavy atom. The normalized spacial score (nSPS) is 11.4. The lowest BCUT2D eigenvalue weighted by molar-refractivity contribution is -0.143. The quantitative estimate of drug-likeness (QED) is 0.0764. The third-order valence-electron chi connectivity index (χ3n) is 5.50. The smallest absolute Gasteiger partial charge is 0.305 e. The molecule has 0 amide bonds. The molecular weight excluding hydrogens is 376 g/mol. The van der Waals surface area contributed by atoms with Gasteiger partial charge in [-0.1, -0.05) is 109 Å². The van der Waals surface area contributed by atoms with Crippen molar-refractivity contribution in [3.05, 3.63) is 12.2 Å². The van der Waals surface area contributed by atoms with E-state index in [1.807, 2.05) is 0 Å². The van der Waals surface area contributed by atoms with Crippen molar-refractivity contribution in [1.29, 1.82) is 0 Å². The Balaban J connectivity index is 3.10. The molecule has 0 aromatic rings. The fraction of sp³-hybridized carbons (Fsp3) is 0.885. The summed E-state index contributed by atoms with van der Waals surface area (Å²) in [6.07, 6.45) is 30.7. The lowest BCUT2D eigenvalue weighted by Crippen LogP contribution is -2.06. The molecule has 2 nitrogen and oxygen atoms in total. The molecule has 0 unspecified atom stereocenters. The summed E-state index contributed by atoms with van der Waals surface area (Å²) >= 11 is 4.03. The highest BCUT2D eigenvalue weighted by atomic mass is 32.1. The van der Waals surface area contributed by atoms with E-state index in [4.69, 9.17) is 4.74 Å². The van der Waals surface area contributed by atoms with Crippen LogP contribution in [0, 0.1) is 0 Å². The van der Waals surface area contributed by atoms with Crippen molar-refractivity contribution in [3.8, 4) is 0 Å². The van der Waals surface area contributed by atoms with Gasteiger partial charge in [-0.15, -0.1) is 0 Å². The number of carbonyl (C=O) groups is 1. The van der Waals surface area contributed by atoms with Crippen molar-refractivity contribution in [2.75, 3.05) is 12.4 Å². The van der Waals surface area contributed by atoms with Crippen LogP contribution in [0.1, 0.15) is 135 Å². The number of ether oxygens (including phenoxy) is 1. The average Bonchev–Trinajstić information content (AvgIpc) is 2.73. The van der Waals surface area contributed by atoms with Gasteiger partial charge in [0.05, 0.1) is 0 Å². The lowest BCUT2D eigenvalue weighted by Gasteiger charge is -2.04. The molecule has 0 aromatic carbocycles. The number of esters is 1. The number of unbranched alkanes of at least 4 members (excludes halogenated alkanes) is 17. The first-order chi connectivity index (χ1) is 14.3. The molecule has 0 heterocycles. The first-order valence-electron chi connectivity index (χ1n) is 12.7. The summed E-state index contributed by atoms with van der Waals surface area (Å²) in [7, 11) is 0. The van der Waals surface area contributed by atoms with Crippen molar-refractivity contribution in [1.82, 2.24) is 0 Å². The number of allylic oxidation sites excluding steroid dienone is 2. The zero-order valence-corrected chi connectivity index (χ0v) is 20.4. The summed E-state index contributed by atoms with van der Waals surface area (Å²) in [6.45, 7) is 2.72. The highest BCUT2D eigenvalue weighted by Crippen LogP contribution is 2.14. The van der Waals surface area contributed by atoms with Crippen LogP contribution in [-0.2, 0) is 9.53 Å². The maximum Gasteiger partial charge on any atom is 0.305 e. The SMILES string of the molecule is CCCCCC/C=C/CCCCCCCCCCCCCCCC(=O)OCCS. The van der Waals surface area contributed by atoms with Gasteiger partial charge in [-0.25, -0.2) is 0 Å². The molecule has 0 aromatic heterocycles. The fourth-order valence-electron chi connectivity index (χ4n) is 3.63. The van der Waals surface area contributed by atoms with Gasteiger partial charge in [0.25, 0.3) is 0 Å². The molecule has 0 aliphatic carbocycles. The second-order valence-electron chi connectivity index (χ2n) is 8.40. The molecule has 172 valence electrons. The molecule has 0 spiro atoms. The van der Waals surface area contributed by atoms with Crippen molar-refractivity contribution >= 4 is 18.6 Å². The molecule has 3 heteroatoms. The molecular formula is C26H50O2S. The Morgan fingerprint density at radius 2 is 1.07 bits per heavy atom. The summed E-state index contributed by atoms with van der Waals surface area (Å²) in [4.78, 5) is 11.3. The molecule has 0 saturated heterocycles. The van der Waals surface area contributed by atoms with Crippen LogP contribution in [0.2, 0.25) is 0 Å². The van der Waals surface area contributed by atoms with E-state index in [0.29, 0.717) is 18.8 Å². The van der Waals surface area contributed by atoms with Gasteiger partial charge in [0.15, 0.2) is 0 Å². The first kappa shape index (κ1) is 28.6. The summed E-state index contributed by atoms with van der Waals surface area (Å²) in [5.74, 6) is 0.552. The van der Waals surface area contributed by atoms with Crippen LogP contribution in [0.25, 0.3) is 0 Å². The van der Waals surface area contributed by atoms with E-state index < -0.39 is 0 Å². The van der Waals surface area contributed by atoms with Crippen molar-refractivity contribution in [2.24, 2.45) is 0 Å². The van der Waals surface area contributed by atoms with E-state index in [1.54, 1.807) is 0 Å². The van der Waals surface area contributed by atoms with Crippen molar-refractivity contribution in [2.45, 2.75) is 135 Å². The average molecular weight is 427 g/mol. The minimum absolute atomic E-state index is 0.0617. The lowest BCUT2D eigenvalue weighted by atomic mass is 10.0. The fourth-order valence-corrected chi connectivity index (χ4v) is 3.72. The minimum Gasteiger partial charge on any atom is -0.465 e. The molecule has 0 aliphatic rings. The summed E-state index contributed by atoms with van der Waals surface area (Å²) < 4.78 is 5.02. The topological polar surface area (TPSA) is 26.3 Å². The van der Waals surface area contributed by atoms with E-state index in [9.17, 15) is 4.79 Å². The molecule has 0 rings (SSSR count). The van der Waals surface area contributed by atoms with Crippen LogP contribution in [0.5, 0.6) is 0 Å². The summed E-state index contributed by atoms with van der Waals surface area (Å²) in [6, 6.07) is 0. The van der Waals surface area contributed by atoms with Gasteiger partial charge in [-0.2, -0.15) is 12.6 Å². The van der Waals surface area contributed by atoms with E-state index in [-0.39, 0.29) is 5.97 Å². The first-order valence-corrected chi connectivity index (χ1v) is 13.4. The van der Waals surface area contributed by atoms with Gasteiger partial charge >= 0.3 is 5.97 Å². The van der Waals surface area contributed by atoms with Crippen LogP contribution < -0.4 is 0 Å². The van der Waals surface area contributed by atoms with E-state index in [0.717, 1.165) is 12.8 Å². The maximum absolute atomic E-state index is 11.3. The van der Waals surface area contributed by atoms with Gasteiger partial charge in [0.2, 0.25) is 0 Å². The monoisotopic (exact) mass is 426 g/mol. The summed E-state index contributed by atoms with van der Waals surface area (Å²) in [5, 5.41) is 0.